The van der Waals surface area contributed by atoms with Crippen molar-refractivity contribution in [3.63, 3.8) is 0 Å². The molecule has 3 aromatic rings. The largest absolute Gasteiger partial charge is 0.494 e. The number of hydrogen-bond acceptors (Lipinski definition) is 4. The molecule has 1 unspecified atom stereocenters. The number of sulfonamides is 1. The Kier molecular flexibility index (Phi) is 8.24. The molecule has 174 valence electrons. The molecule has 0 spiro atoms. The fourth-order valence-corrected chi connectivity index (χ4v) is 4.92. The Bertz CT molecular complexity index is 1200. The van der Waals surface area contributed by atoms with E-state index in [1.807, 2.05) is 38.1 Å². The number of halogens is 2. The second kappa shape index (κ2) is 10.9. The zero-order chi connectivity index (χ0) is 24.0. The van der Waals surface area contributed by atoms with Crippen LogP contribution in [-0.2, 0) is 14.8 Å². The fourth-order valence-electron chi connectivity index (χ4n) is 3.20. The fraction of sp³-hybridized carbons (Fsp3) is 0.208. The van der Waals surface area contributed by atoms with E-state index in [4.69, 9.17) is 27.9 Å². The van der Waals surface area contributed by atoms with Crippen LogP contribution in [0.3, 0.4) is 0 Å². The van der Waals surface area contributed by atoms with Crippen molar-refractivity contribution in [2.24, 2.45) is 0 Å². The van der Waals surface area contributed by atoms with Crippen molar-refractivity contribution >= 4 is 44.8 Å². The topological polar surface area (TPSA) is 75.7 Å². The lowest BCUT2D eigenvalue weighted by Crippen LogP contribution is -2.41. The van der Waals surface area contributed by atoms with Gasteiger partial charge in [0.25, 0.3) is 10.0 Å². The van der Waals surface area contributed by atoms with Crippen LogP contribution >= 0.6 is 23.2 Å². The number of ether oxygens (including phenoxy) is 1. The van der Waals surface area contributed by atoms with Gasteiger partial charge in [0, 0.05) is 10.0 Å². The molecule has 0 bridgehead atoms. The van der Waals surface area contributed by atoms with Crippen LogP contribution in [-0.4, -0.2) is 27.5 Å². The number of rotatable bonds is 9. The third-order valence-electron chi connectivity index (χ3n) is 4.85. The van der Waals surface area contributed by atoms with Gasteiger partial charge in [0.1, 0.15) is 12.3 Å². The van der Waals surface area contributed by atoms with Crippen LogP contribution in [0.25, 0.3) is 0 Å². The van der Waals surface area contributed by atoms with Crippen LogP contribution in [0.4, 0.5) is 5.69 Å². The van der Waals surface area contributed by atoms with E-state index in [0.717, 1.165) is 15.6 Å². The molecule has 0 saturated heterocycles. The molecular weight excluding hydrogens is 483 g/mol. The normalized spacial score (nSPS) is 12.1. The lowest BCUT2D eigenvalue weighted by molar-refractivity contribution is -0.120. The van der Waals surface area contributed by atoms with E-state index in [1.54, 1.807) is 18.2 Å². The van der Waals surface area contributed by atoms with Gasteiger partial charge >= 0.3 is 0 Å². The van der Waals surface area contributed by atoms with Crippen molar-refractivity contribution in [1.29, 1.82) is 0 Å². The second-order valence-electron chi connectivity index (χ2n) is 7.24. The lowest BCUT2D eigenvalue weighted by Gasteiger charge is -2.25. The molecule has 0 aliphatic heterocycles. The SMILES string of the molecule is CCOc1ccc(C(C)NC(=O)CN(c2cccc(Cl)c2)S(=O)(=O)c2ccc(Cl)cc2)cc1. The highest BCUT2D eigenvalue weighted by atomic mass is 35.5. The number of benzene rings is 3. The molecule has 0 fully saturated rings. The smallest absolute Gasteiger partial charge is 0.264 e. The molecule has 3 rings (SSSR count). The minimum absolute atomic E-state index is 0.0132. The summed E-state index contributed by atoms with van der Waals surface area (Å²) in [7, 11) is -4.06. The summed E-state index contributed by atoms with van der Waals surface area (Å²) >= 11 is 12.0. The van der Waals surface area contributed by atoms with Gasteiger partial charge in [-0.1, -0.05) is 41.4 Å². The van der Waals surface area contributed by atoms with Crippen LogP contribution in [0.5, 0.6) is 5.75 Å². The van der Waals surface area contributed by atoms with Gasteiger partial charge in [-0.2, -0.15) is 0 Å². The second-order valence-corrected chi connectivity index (χ2v) is 9.97. The molecule has 33 heavy (non-hydrogen) atoms. The first-order chi connectivity index (χ1) is 15.7. The third-order valence-corrected chi connectivity index (χ3v) is 7.13. The molecule has 0 heterocycles. The quantitative estimate of drug-likeness (QED) is 0.417. The Hall–Kier alpha value is -2.74. The molecule has 0 radical (unpaired) electrons. The third kappa shape index (κ3) is 6.41. The Morgan fingerprint density at radius 1 is 1.00 bits per heavy atom. The number of nitrogens with one attached hydrogen (secondary N) is 1. The van der Waals surface area contributed by atoms with E-state index in [9.17, 15) is 13.2 Å². The first-order valence-electron chi connectivity index (χ1n) is 10.3. The number of nitrogens with zero attached hydrogens (tertiary/aromatic N) is 1. The predicted octanol–water partition coefficient (Wildman–Crippen LogP) is 5.46. The highest BCUT2D eigenvalue weighted by molar-refractivity contribution is 7.92. The number of carbonyl (C=O) groups excluding carboxylic acids is 1. The number of anilines is 1. The molecule has 0 saturated carbocycles. The molecule has 1 amide bonds. The summed E-state index contributed by atoms with van der Waals surface area (Å²) in [5.41, 5.74) is 1.14. The van der Waals surface area contributed by atoms with Gasteiger partial charge in [-0.05, 0) is 74.0 Å². The van der Waals surface area contributed by atoms with Crippen LogP contribution in [0, 0.1) is 0 Å². The van der Waals surface area contributed by atoms with E-state index in [0.29, 0.717) is 16.7 Å². The summed E-state index contributed by atoms with van der Waals surface area (Å²) in [5, 5.41) is 3.62. The van der Waals surface area contributed by atoms with Crippen molar-refractivity contribution in [3.8, 4) is 5.75 Å². The Balaban J connectivity index is 1.84. The molecule has 0 aromatic heterocycles. The number of carbonyl (C=O) groups is 1. The summed E-state index contributed by atoms with van der Waals surface area (Å²) in [6, 6.07) is 19.1. The molecule has 0 aliphatic rings. The molecule has 0 aliphatic carbocycles. The van der Waals surface area contributed by atoms with Gasteiger partial charge in [0.2, 0.25) is 5.91 Å². The summed E-state index contributed by atoms with van der Waals surface area (Å²) < 4.78 is 33.3. The van der Waals surface area contributed by atoms with Gasteiger partial charge in [-0.25, -0.2) is 8.42 Å². The minimum Gasteiger partial charge on any atom is -0.494 e. The molecule has 3 aromatic carbocycles. The highest BCUT2D eigenvalue weighted by Crippen LogP contribution is 2.27. The van der Waals surface area contributed by atoms with Gasteiger partial charge in [-0.15, -0.1) is 0 Å². The molecule has 9 heteroatoms. The molecule has 1 atom stereocenters. The Morgan fingerprint density at radius 2 is 1.67 bits per heavy atom. The van der Waals surface area contributed by atoms with Gasteiger partial charge in [-0.3, -0.25) is 9.10 Å². The van der Waals surface area contributed by atoms with Crippen LogP contribution < -0.4 is 14.4 Å². The summed E-state index contributed by atoms with van der Waals surface area (Å²) in [4.78, 5) is 12.9. The minimum atomic E-state index is -4.06. The maximum Gasteiger partial charge on any atom is 0.264 e. The van der Waals surface area contributed by atoms with E-state index >= 15 is 0 Å². The van der Waals surface area contributed by atoms with Crippen molar-refractivity contribution in [3.05, 3.63) is 88.4 Å². The van der Waals surface area contributed by atoms with Crippen LogP contribution in [0.1, 0.15) is 25.5 Å². The van der Waals surface area contributed by atoms with Crippen molar-refractivity contribution in [2.75, 3.05) is 17.5 Å². The maximum absolute atomic E-state index is 13.4. The summed E-state index contributed by atoms with van der Waals surface area (Å²) in [6.45, 7) is 3.87. The average Bonchev–Trinajstić information content (AvgIpc) is 2.78. The van der Waals surface area contributed by atoms with Crippen molar-refractivity contribution < 1.29 is 17.9 Å². The standard InChI is InChI=1S/C24H24Cl2N2O4S/c1-3-32-22-11-7-18(8-12-22)17(2)27-24(29)16-28(21-6-4-5-20(26)15-21)33(30,31)23-13-9-19(25)10-14-23/h4-15,17H,3,16H2,1-2H3,(H,27,29). The highest BCUT2D eigenvalue weighted by Gasteiger charge is 2.28. The van der Waals surface area contributed by atoms with Crippen LogP contribution in [0.15, 0.2) is 77.7 Å². The number of hydrogen-bond donors (Lipinski definition) is 1. The Morgan fingerprint density at radius 3 is 2.27 bits per heavy atom. The zero-order valence-electron chi connectivity index (χ0n) is 18.2. The van der Waals surface area contributed by atoms with E-state index in [2.05, 4.69) is 5.32 Å². The van der Waals surface area contributed by atoms with Gasteiger partial charge in [0.05, 0.1) is 23.2 Å². The zero-order valence-corrected chi connectivity index (χ0v) is 20.5. The molecular formula is C24H24Cl2N2O4S. The van der Waals surface area contributed by atoms with Gasteiger partial charge < -0.3 is 10.1 Å². The Labute approximate surface area is 204 Å². The van der Waals surface area contributed by atoms with Crippen LogP contribution in [0.2, 0.25) is 10.0 Å². The average molecular weight is 507 g/mol. The van der Waals surface area contributed by atoms with Crippen molar-refractivity contribution in [1.82, 2.24) is 5.32 Å². The summed E-state index contributed by atoms with van der Waals surface area (Å²) in [5.74, 6) is 0.273. The lowest BCUT2D eigenvalue weighted by atomic mass is 10.1. The maximum atomic E-state index is 13.4. The van der Waals surface area contributed by atoms with Crippen molar-refractivity contribution in [2.45, 2.75) is 24.8 Å². The molecule has 1 N–H and O–H groups in total. The monoisotopic (exact) mass is 506 g/mol. The van der Waals surface area contributed by atoms with E-state index in [-0.39, 0.29) is 16.6 Å². The molecule has 6 nitrogen and oxygen atoms in total. The predicted molar refractivity (Wildman–Crippen MR) is 132 cm³/mol. The van der Waals surface area contributed by atoms with E-state index in [1.165, 1.54) is 30.3 Å². The van der Waals surface area contributed by atoms with Gasteiger partial charge in [0.15, 0.2) is 0 Å². The first kappa shape index (κ1) is 24.9. The summed E-state index contributed by atoms with van der Waals surface area (Å²) in [6.07, 6.45) is 0. The first-order valence-corrected chi connectivity index (χ1v) is 12.5. The van der Waals surface area contributed by atoms with E-state index < -0.39 is 22.5 Å². The number of amides is 1.